The molecule has 1 aromatic carbocycles. The molecular weight excluding hydrogens is 302 g/mol. The molecule has 1 aliphatic rings. The van der Waals surface area contributed by atoms with Crippen LogP contribution in [0.4, 0.5) is 0 Å². The first-order valence-electron chi connectivity index (χ1n) is 6.91. The smallest absolute Gasteiger partial charge is 0.138 e. The molecule has 0 spiro atoms. The summed E-state index contributed by atoms with van der Waals surface area (Å²) in [5.74, 6) is 0.963. The zero-order chi connectivity index (χ0) is 14.3. The van der Waals surface area contributed by atoms with E-state index >= 15 is 0 Å². The molecule has 2 rings (SSSR count). The predicted octanol–water partition coefficient (Wildman–Crippen LogP) is 4.35. The second kappa shape index (κ2) is 5.10. The molecule has 1 atom stereocenters. The first-order valence-corrected chi connectivity index (χ1v) is 7.71. The van der Waals surface area contributed by atoms with Crippen molar-refractivity contribution in [3.05, 3.63) is 27.7 Å². The predicted molar refractivity (Wildman–Crippen MR) is 84.0 cm³/mol. The van der Waals surface area contributed by atoms with E-state index in [0.717, 1.165) is 23.2 Å². The SMILES string of the molecule is COc1c(Br)cc(C(C)(C)C)cc1C1(C)CCCN1. The minimum absolute atomic E-state index is 0.0229. The first kappa shape index (κ1) is 14.9. The van der Waals surface area contributed by atoms with Gasteiger partial charge in [-0.25, -0.2) is 0 Å². The molecule has 1 saturated heterocycles. The summed E-state index contributed by atoms with van der Waals surface area (Å²) in [6.07, 6.45) is 2.38. The second-order valence-electron chi connectivity index (χ2n) is 6.65. The van der Waals surface area contributed by atoms with E-state index in [1.165, 1.54) is 17.5 Å². The van der Waals surface area contributed by atoms with Crippen LogP contribution in [0.2, 0.25) is 0 Å². The number of methoxy groups -OCH3 is 1. The third-order valence-electron chi connectivity index (χ3n) is 4.08. The van der Waals surface area contributed by atoms with Gasteiger partial charge < -0.3 is 10.1 Å². The molecule has 1 aromatic rings. The van der Waals surface area contributed by atoms with Gasteiger partial charge in [-0.15, -0.1) is 0 Å². The number of rotatable bonds is 2. The molecule has 0 aliphatic carbocycles. The fraction of sp³-hybridized carbons (Fsp3) is 0.625. The average Bonchev–Trinajstić information content (AvgIpc) is 2.75. The van der Waals surface area contributed by atoms with Crippen molar-refractivity contribution in [2.24, 2.45) is 0 Å². The summed E-state index contributed by atoms with van der Waals surface area (Å²) < 4.78 is 6.68. The van der Waals surface area contributed by atoms with E-state index in [1.807, 2.05) is 0 Å². The summed E-state index contributed by atoms with van der Waals surface area (Å²) in [7, 11) is 1.75. The van der Waals surface area contributed by atoms with Crippen LogP contribution in [-0.4, -0.2) is 13.7 Å². The van der Waals surface area contributed by atoms with E-state index in [2.05, 4.69) is 61.1 Å². The van der Waals surface area contributed by atoms with Crippen molar-refractivity contribution in [1.29, 1.82) is 0 Å². The van der Waals surface area contributed by atoms with Gasteiger partial charge in [-0.2, -0.15) is 0 Å². The number of ether oxygens (including phenoxy) is 1. The Labute approximate surface area is 125 Å². The number of benzene rings is 1. The quantitative estimate of drug-likeness (QED) is 0.872. The van der Waals surface area contributed by atoms with Crippen LogP contribution >= 0.6 is 15.9 Å². The van der Waals surface area contributed by atoms with Crippen LogP contribution < -0.4 is 10.1 Å². The second-order valence-corrected chi connectivity index (χ2v) is 7.51. The average molecular weight is 326 g/mol. The van der Waals surface area contributed by atoms with Crippen molar-refractivity contribution < 1.29 is 4.74 Å². The number of nitrogens with one attached hydrogen (secondary N) is 1. The molecule has 1 N–H and O–H groups in total. The van der Waals surface area contributed by atoms with E-state index in [9.17, 15) is 0 Å². The maximum Gasteiger partial charge on any atom is 0.138 e. The van der Waals surface area contributed by atoms with Crippen molar-refractivity contribution in [1.82, 2.24) is 5.32 Å². The molecule has 1 heterocycles. The summed E-state index contributed by atoms with van der Waals surface area (Å²) in [4.78, 5) is 0. The lowest BCUT2D eigenvalue weighted by Gasteiger charge is -2.30. The zero-order valence-corrected chi connectivity index (χ0v) is 14.1. The summed E-state index contributed by atoms with van der Waals surface area (Å²) in [6, 6.07) is 4.49. The molecule has 0 aromatic heterocycles. The molecule has 1 aliphatic heterocycles. The molecule has 1 fully saturated rings. The van der Waals surface area contributed by atoms with Gasteiger partial charge in [-0.1, -0.05) is 20.8 Å². The van der Waals surface area contributed by atoms with Crippen molar-refractivity contribution >= 4 is 15.9 Å². The highest BCUT2D eigenvalue weighted by molar-refractivity contribution is 9.10. The summed E-state index contributed by atoms with van der Waals surface area (Å²) >= 11 is 3.67. The van der Waals surface area contributed by atoms with Crippen LogP contribution in [0.1, 0.15) is 51.7 Å². The van der Waals surface area contributed by atoms with Crippen LogP contribution in [-0.2, 0) is 11.0 Å². The third kappa shape index (κ3) is 2.82. The van der Waals surface area contributed by atoms with Gasteiger partial charge in [0.05, 0.1) is 11.6 Å². The molecule has 2 nitrogen and oxygen atoms in total. The van der Waals surface area contributed by atoms with E-state index in [1.54, 1.807) is 7.11 Å². The van der Waals surface area contributed by atoms with Crippen molar-refractivity contribution in [2.45, 2.75) is 51.5 Å². The molecular formula is C16H24BrNO. The Morgan fingerprint density at radius 2 is 2.00 bits per heavy atom. The third-order valence-corrected chi connectivity index (χ3v) is 4.67. The molecule has 3 heteroatoms. The van der Waals surface area contributed by atoms with Gasteiger partial charge in [0, 0.05) is 11.1 Å². The van der Waals surface area contributed by atoms with Crippen LogP contribution in [0.15, 0.2) is 16.6 Å². The summed E-state index contributed by atoms with van der Waals surface area (Å²) in [6.45, 7) is 10.1. The summed E-state index contributed by atoms with van der Waals surface area (Å²) in [5.41, 5.74) is 2.77. The lowest BCUT2D eigenvalue weighted by Crippen LogP contribution is -2.34. The van der Waals surface area contributed by atoms with Crippen molar-refractivity contribution in [3.63, 3.8) is 0 Å². The molecule has 0 amide bonds. The molecule has 1 unspecified atom stereocenters. The Kier molecular flexibility index (Phi) is 3.99. The largest absolute Gasteiger partial charge is 0.495 e. The number of hydrogen-bond donors (Lipinski definition) is 1. The van der Waals surface area contributed by atoms with E-state index in [0.29, 0.717) is 0 Å². The van der Waals surface area contributed by atoms with Crippen molar-refractivity contribution in [2.75, 3.05) is 13.7 Å². The van der Waals surface area contributed by atoms with Crippen LogP contribution in [0, 0.1) is 0 Å². The molecule has 0 saturated carbocycles. The van der Waals surface area contributed by atoms with Gasteiger partial charge in [0.15, 0.2) is 0 Å². The number of halogens is 1. The molecule has 0 bridgehead atoms. The van der Waals surface area contributed by atoms with E-state index in [4.69, 9.17) is 4.74 Å². The monoisotopic (exact) mass is 325 g/mol. The van der Waals surface area contributed by atoms with E-state index < -0.39 is 0 Å². The van der Waals surface area contributed by atoms with Gasteiger partial charge in [-0.3, -0.25) is 0 Å². The van der Waals surface area contributed by atoms with Crippen molar-refractivity contribution in [3.8, 4) is 5.75 Å². The normalized spacial score (nSPS) is 23.7. The van der Waals surface area contributed by atoms with Gasteiger partial charge in [0.1, 0.15) is 5.75 Å². The Morgan fingerprint density at radius 1 is 1.32 bits per heavy atom. The Hall–Kier alpha value is -0.540. The highest BCUT2D eigenvalue weighted by Crippen LogP contribution is 2.42. The lowest BCUT2D eigenvalue weighted by atomic mass is 9.82. The van der Waals surface area contributed by atoms with Gasteiger partial charge in [0.25, 0.3) is 0 Å². The first-order chi connectivity index (χ1) is 8.78. The lowest BCUT2D eigenvalue weighted by molar-refractivity contribution is 0.367. The molecule has 0 radical (unpaired) electrons. The Morgan fingerprint density at radius 3 is 2.47 bits per heavy atom. The highest BCUT2D eigenvalue weighted by atomic mass is 79.9. The van der Waals surface area contributed by atoms with Crippen LogP contribution in [0.5, 0.6) is 5.75 Å². The standard InChI is InChI=1S/C16H24BrNO/c1-15(2,3)11-9-12(14(19-5)13(17)10-11)16(4)7-6-8-18-16/h9-10,18H,6-8H2,1-5H3. The van der Waals surface area contributed by atoms with Crippen LogP contribution in [0.3, 0.4) is 0 Å². The Bertz CT molecular complexity index is 470. The Balaban J connectivity index is 2.60. The minimum Gasteiger partial charge on any atom is -0.495 e. The highest BCUT2D eigenvalue weighted by Gasteiger charge is 2.34. The van der Waals surface area contributed by atoms with Gasteiger partial charge in [-0.05, 0) is 65.4 Å². The van der Waals surface area contributed by atoms with Gasteiger partial charge in [0.2, 0.25) is 0 Å². The summed E-state index contributed by atoms with van der Waals surface area (Å²) in [5, 5.41) is 3.63. The van der Waals surface area contributed by atoms with E-state index in [-0.39, 0.29) is 11.0 Å². The van der Waals surface area contributed by atoms with Crippen LogP contribution in [0.25, 0.3) is 0 Å². The zero-order valence-electron chi connectivity index (χ0n) is 12.6. The minimum atomic E-state index is 0.0229. The van der Waals surface area contributed by atoms with Gasteiger partial charge >= 0.3 is 0 Å². The molecule has 19 heavy (non-hydrogen) atoms. The fourth-order valence-corrected chi connectivity index (χ4v) is 3.39. The fourth-order valence-electron chi connectivity index (χ4n) is 2.77. The maximum atomic E-state index is 5.63. The maximum absolute atomic E-state index is 5.63. The topological polar surface area (TPSA) is 21.3 Å². The molecule has 106 valence electrons. The number of hydrogen-bond acceptors (Lipinski definition) is 2.